The first-order valence-corrected chi connectivity index (χ1v) is 9.65. The van der Waals surface area contributed by atoms with Crippen molar-refractivity contribution in [3.05, 3.63) is 96.3 Å². The van der Waals surface area contributed by atoms with E-state index in [-0.39, 0.29) is 23.3 Å². The number of hydrogen-bond donors (Lipinski definition) is 2. The van der Waals surface area contributed by atoms with Crippen molar-refractivity contribution in [2.45, 2.75) is 10.9 Å². The highest BCUT2D eigenvalue weighted by atomic mass is 32.2. The second-order valence-electron chi connectivity index (χ2n) is 5.78. The number of sulfonamides is 1. The monoisotopic (exact) mass is 370 g/mol. The van der Waals surface area contributed by atoms with E-state index in [1.807, 2.05) is 30.3 Å². The van der Waals surface area contributed by atoms with Gasteiger partial charge in [-0.15, -0.1) is 0 Å². The number of benzene rings is 3. The maximum absolute atomic E-state index is 13.1. The third-order valence-corrected chi connectivity index (χ3v) is 5.36. The van der Waals surface area contributed by atoms with Gasteiger partial charge in [0, 0.05) is 12.2 Å². The van der Waals surface area contributed by atoms with Crippen LogP contribution in [0.15, 0.2) is 89.8 Å². The first-order chi connectivity index (χ1) is 12.5. The highest BCUT2D eigenvalue weighted by Crippen LogP contribution is 2.20. The van der Waals surface area contributed by atoms with Gasteiger partial charge in [0.25, 0.3) is 0 Å². The number of nitrogens with one attached hydrogen (secondary N) is 2. The van der Waals surface area contributed by atoms with Crippen LogP contribution < -0.4 is 10.0 Å². The second-order valence-corrected chi connectivity index (χ2v) is 7.55. The molecule has 0 aliphatic carbocycles. The Kier molecular flexibility index (Phi) is 5.65. The van der Waals surface area contributed by atoms with E-state index in [1.54, 1.807) is 42.5 Å². The molecule has 0 radical (unpaired) electrons. The topological polar surface area (TPSA) is 58.2 Å². The largest absolute Gasteiger partial charge is 0.377 e. The van der Waals surface area contributed by atoms with Crippen molar-refractivity contribution in [1.82, 2.24) is 4.72 Å². The first-order valence-electron chi connectivity index (χ1n) is 8.16. The van der Waals surface area contributed by atoms with Gasteiger partial charge in [-0.3, -0.25) is 0 Å². The predicted molar refractivity (Wildman–Crippen MR) is 101 cm³/mol. The van der Waals surface area contributed by atoms with Gasteiger partial charge in [-0.1, -0.05) is 48.5 Å². The molecule has 4 nitrogen and oxygen atoms in total. The van der Waals surface area contributed by atoms with Crippen LogP contribution in [-0.4, -0.2) is 15.0 Å². The summed E-state index contributed by atoms with van der Waals surface area (Å²) in [5.41, 5.74) is 1.63. The van der Waals surface area contributed by atoms with Gasteiger partial charge >= 0.3 is 0 Å². The van der Waals surface area contributed by atoms with Crippen LogP contribution in [-0.2, 0) is 10.0 Å². The van der Waals surface area contributed by atoms with E-state index >= 15 is 0 Å². The summed E-state index contributed by atoms with van der Waals surface area (Å²) in [6, 6.07) is 23.4. The summed E-state index contributed by atoms with van der Waals surface area (Å²) < 4.78 is 40.7. The zero-order valence-electron chi connectivity index (χ0n) is 14.0. The second kappa shape index (κ2) is 8.12. The Morgan fingerprint density at radius 2 is 1.38 bits per heavy atom. The van der Waals surface area contributed by atoms with Gasteiger partial charge in [0.05, 0.1) is 10.9 Å². The van der Waals surface area contributed by atoms with Crippen LogP contribution >= 0.6 is 0 Å². The fraction of sp³-hybridized carbons (Fsp3) is 0.100. The zero-order chi connectivity index (χ0) is 18.4. The van der Waals surface area contributed by atoms with E-state index in [4.69, 9.17) is 0 Å². The van der Waals surface area contributed by atoms with Crippen molar-refractivity contribution in [3.8, 4) is 0 Å². The highest BCUT2D eigenvalue weighted by Gasteiger charge is 2.18. The summed E-state index contributed by atoms with van der Waals surface area (Å²) in [6.07, 6.45) is 0. The summed E-state index contributed by atoms with van der Waals surface area (Å²) >= 11 is 0. The van der Waals surface area contributed by atoms with Crippen LogP contribution in [0, 0.1) is 5.82 Å². The molecule has 0 aliphatic heterocycles. The Hall–Kier alpha value is -2.70. The summed E-state index contributed by atoms with van der Waals surface area (Å²) in [6.45, 7) is 0.151. The molecular formula is C20H19FN2O2S. The van der Waals surface area contributed by atoms with Crippen LogP contribution in [0.3, 0.4) is 0 Å². The molecule has 0 saturated carbocycles. The van der Waals surface area contributed by atoms with Crippen LogP contribution in [0.4, 0.5) is 10.1 Å². The van der Waals surface area contributed by atoms with E-state index in [0.717, 1.165) is 5.56 Å². The molecule has 0 unspecified atom stereocenters. The van der Waals surface area contributed by atoms with Crippen molar-refractivity contribution < 1.29 is 12.8 Å². The van der Waals surface area contributed by atoms with Crippen LogP contribution in [0.25, 0.3) is 0 Å². The van der Waals surface area contributed by atoms with Gasteiger partial charge in [0.2, 0.25) is 10.0 Å². The van der Waals surface area contributed by atoms with E-state index in [1.165, 1.54) is 12.1 Å². The molecule has 134 valence electrons. The quantitative estimate of drug-likeness (QED) is 0.662. The molecule has 6 heteroatoms. The fourth-order valence-electron chi connectivity index (χ4n) is 2.56. The molecule has 0 saturated heterocycles. The molecule has 0 aromatic heterocycles. The minimum Gasteiger partial charge on any atom is -0.377 e. The smallest absolute Gasteiger partial charge is 0.240 e. The fourth-order valence-corrected chi connectivity index (χ4v) is 3.63. The summed E-state index contributed by atoms with van der Waals surface area (Å²) in [7, 11) is -3.61. The lowest BCUT2D eigenvalue weighted by molar-refractivity contribution is 0.576. The van der Waals surface area contributed by atoms with Gasteiger partial charge in [0.1, 0.15) is 5.82 Å². The zero-order valence-corrected chi connectivity index (χ0v) is 14.8. The van der Waals surface area contributed by atoms with Crippen molar-refractivity contribution in [2.75, 3.05) is 11.9 Å². The number of rotatable bonds is 7. The summed E-state index contributed by atoms with van der Waals surface area (Å²) in [5.74, 6) is -0.323. The number of halogens is 1. The van der Waals surface area contributed by atoms with E-state index in [9.17, 15) is 12.8 Å². The third-order valence-electron chi connectivity index (χ3n) is 3.92. The van der Waals surface area contributed by atoms with E-state index in [2.05, 4.69) is 10.0 Å². The predicted octanol–water partition coefficient (Wildman–Crippen LogP) is 3.96. The van der Waals surface area contributed by atoms with Crippen LogP contribution in [0.2, 0.25) is 0 Å². The number of anilines is 1. The molecule has 0 amide bonds. The van der Waals surface area contributed by atoms with Gasteiger partial charge < -0.3 is 5.32 Å². The van der Waals surface area contributed by atoms with E-state index < -0.39 is 10.0 Å². The SMILES string of the molecule is O=S(=O)(NC[C@@H](Nc1ccc(F)cc1)c1ccccc1)c1ccccc1. The Morgan fingerprint density at radius 3 is 2.00 bits per heavy atom. The minimum absolute atomic E-state index is 0.151. The standard InChI is InChI=1S/C20H19FN2O2S/c21-17-11-13-18(14-12-17)23-20(16-7-3-1-4-8-16)15-22-26(24,25)19-9-5-2-6-10-19/h1-14,20,22-23H,15H2/t20-/m1/s1. The van der Waals surface area contributed by atoms with Gasteiger partial charge in [0.15, 0.2) is 0 Å². The van der Waals surface area contributed by atoms with Gasteiger partial charge in [-0.25, -0.2) is 17.5 Å². The van der Waals surface area contributed by atoms with Crippen molar-refractivity contribution in [1.29, 1.82) is 0 Å². The van der Waals surface area contributed by atoms with Crippen LogP contribution in [0.1, 0.15) is 11.6 Å². The average molecular weight is 370 g/mol. The molecule has 0 heterocycles. The van der Waals surface area contributed by atoms with Crippen molar-refractivity contribution >= 4 is 15.7 Å². The molecule has 26 heavy (non-hydrogen) atoms. The molecule has 0 fully saturated rings. The lowest BCUT2D eigenvalue weighted by Gasteiger charge is -2.21. The maximum Gasteiger partial charge on any atom is 0.240 e. The molecular weight excluding hydrogens is 351 g/mol. The lowest BCUT2D eigenvalue weighted by Crippen LogP contribution is -2.31. The minimum atomic E-state index is -3.61. The maximum atomic E-state index is 13.1. The molecule has 0 spiro atoms. The Bertz CT molecular complexity index is 931. The first kappa shape index (κ1) is 18.1. The Balaban J connectivity index is 1.79. The molecule has 0 aliphatic rings. The molecule has 3 aromatic rings. The molecule has 0 bridgehead atoms. The van der Waals surface area contributed by atoms with Gasteiger partial charge in [-0.05, 0) is 42.0 Å². The molecule has 2 N–H and O–H groups in total. The molecule has 1 atom stereocenters. The third kappa shape index (κ3) is 4.68. The lowest BCUT2D eigenvalue weighted by atomic mass is 10.1. The number of hydrogen-bond acceptors (Lipinski definition) is 3. The van der Waals surface area contributed by atoms with E-state index in [0.29, 0.717) is 5.69 Å². The van der Waals surface area contributed by atoms with Crippen molar-refractivity contribution in [2.24, 2.45) is 0 Å². The highest BCUT2D eigenvalue weighted by molar-refractivity contribution is 7.89. The van der Waals surface area contributed by atoms with Crippen molar-refractivity contribution in [3.63, 3.8) is 0 Å². The molecule has 3 rings (SSSR count). The average Bonchev–Trinajstić information content (AvgIpc) is 2.68. The summed E-state index contributed by atoms with van der Waals surface area (Å²) in [4.78, 5) is 0.216. The molecule has 3 aromatic carbocycles. The normalized spacial score (nSPS) is 12.5. The summed E-state index contributed by atoms with van der Waals surface area (Å²) in [5, 5.41) is 3.25. The Morgan fingerprint density at radius 1 is 0.808 bits per heavy atom. The Labute approximate surface area is 152 Å². The van der Waals surface area contributed by atoms with Gasteiger partial charge in [-0.2, -0.15) is 0 Å². The van der Waals surface area contributed by atoms with Crippen LogP contribution in [0.5, 0.6) is 0 Å².